The van der Waals surface area contributed by atoms with Crippen molar-refractivity contribution in [1.82, 2.24) is 20.2 Å². The average Bonchev–Trinajstić information content (AvgIpc) is 2.74. The maximum absolute atomic E-state index is 13.2. The van der Waals surface area contributed by atoms with Gasteiger partial charge in [0.15, 0.2) is 5.16 Å². The zero-order valence-corrected chi connectivity index (χ0v) is 19.5. The first-order valence-electron chi connectivity index (χ1n) is 10.6. The van der Waals surface area contributed by atoms with Crippen LogP contribution in [-0.4, -0.2) is 39.2 Å². The van der Waals surface area contributed by atoms with E-state index in [1.807, 2.05) is 45.9 Å². The van der Waals surface area contributed by atoms with E-state index in [0.29, 0.717) is 21.6 Å². The number of benzene rings is 2. The summed E-state index contributed by atoms with van der Waals surface area (Å²) in [6, 6.07) is 14.4. The third-order valence-electron chi connectivity index (χ3n) is 4.59. The van der Waals surface area contributed by atoms with Gasteiger partial charge in [0.05, 0.1) is 23.2 Å². The highest BCUT2D eigenvalue weighted by atomic mass is 32.2. The van der Waals surface area contributed by atoms with Crippen LogP contribution >= 0.6 is 11.8 Å². The van der Waals surface area contributed by atoms with Gasteiger partial charge in [-0.1, -0.05) is 36.0 Å². The molecule has 1 heterocycles. The van der Waals surface area contributed by atoms with Gasteiger partial charge in [-0.05, 0) is 57.5 Å². The Morgan fingerprint density at radius 1 is 0.969 bits per heavy atom. The van der Waals surface area contributed by atoms with Crippen molar-refractivity contribution in [1.29, 1.82) is 0 Å². The van der Waals surface area contributed by atoms with Crippen molar-refractivity contribution < 1.29 is 9.59 Å². The summed E-state index contributed by atoms with van der Waals surface area (Å²) in [5.74, 6) is -0.0833. The molecule has 0 aliphatic rings. The number of nitrogens with zero attached hydrogens (tertiary/aromatic N) is 2. The minimum Gasteiger partial charge on any atom is -0.353 e. The lowest BCUT2D eigenvalue weighted by Crippen LogP contribution is -2.32. The van der Waals surface area contributed by atoms with E-state index in [2.05, 4.69) is 15.6 Å². The third-order valence-corrected chi connectivity index (χ3v) is 5.56. The molecule has 2 N–H and O–H groups in total. The van der Waals surface area contributed by atoms with Gasteiger partial charge >= 0.3 is 0 Å². The standard InChI is InChI=1S/C24H28N4O3S/c1-15(2)25-21(29)14-32-24-27-20-8-6-5-7-19(20)23(31)28(24)13-17-9-11-18(12-10-17)22(30)26-16(3)4/h5-12,15-16H,13-14H2,1-4H3,(H,25,29)(H,26,30). The second-order valence-corrected chi connectivity index (χ2v) is 9.08. The lowest BCUT2D eigenvalue weighted by molar-refractivity contribution is -0.119. The Labute approximate surface area is 191 Å². The summed E-state index contributed by atoms with van der Waals surface area (Å²) in [6.45, 7) is 7.91. The maximum atomic E-state index is 13.2. The lowest BCUT2D eigenvalue weighted by atomic mass is 10.1. The highest BCUT2D eigenvalue weighted by Gasteiger charge is 2.15. The van der Waals surface area contributed by atoms with E-state index < -0.39 is 0 Å². The Balaban J connectivity index is 1.90. The van der Waals surface area contributed by atoms with Gasteiger partial charge in [-0.25, -0.2) is 4.98 Å². The van der Waals surface area contributed by atoms with Crippen LogP contribution in [0.15, 0.2) is 58.5 Å². The smallest absolute Gasteiger partial charge is 0.262 e. The van der Waals surface area contributed by atoms with Gasteiger partial charge in [-0.2, -0.15) is 0 Å². The number of para-hydroxylation sites is 1. The molecule has 168 valence electrons. The van der Waals surface area contributed by atoms with E-state index in [-0.39, 0.29) is 41.8 Å². The van der Waals surface area contributed by atoms with Crippen molar-refractivity contribution in [3.8, 4) is 0 Å². The molecule has 0 spiro atoms. The average molecular weight is 453 g/mol. The number of hydrogen-bond donors (Lipinski definition) is 2. The van der Waals surface area contributed by atoms with Crippen molar-refractivity contribution in [2.45, 2.75) is 51.5 Å². The van der Waals surface area contributed by atoms with E-state index in [0.717, 1.165) is 5.56 Å². The largest absolute Gasteiger partial charge is 0.353 e. The monoisotopic (exact) mass is 452 g/mol. The number of hydrogen-bond acceptors (Lipinski definition) is 5. The number of carbonyl (C=O) groups excluding carboxylic acids is 2. The molecule has 0 unspecified atom stereocenters. The Kier molecular flexibility index (Phi) is 7.69. The summed E-state index contributed by atoms with van der Waals surface area (Å²) in [5, 5.41) is 6.72. The predicted molar refractivity (Wildman–Crippen MR) is 128 cm³/mol. The maximum Gasteiger partial charge on any atom is 0.262 e. The van der Waals surface area contributed by atoms with Gasteiger partial charge in [0.25, 0.3) is 11.5 Å². The van der Waals surface area contributed by atoms with Crippen molar-refractivity contribution in [3.63, 3.8) is 0 Å². The van der Waals surface area contributed by atoms with Gasteiger partial charge in [0.1, 0.15) is 0 Å². The molecule has 0 saturated heterocycles. The highest BCUT2D eigenvalue weighted by molar-refractivity contribution is 7.99. The molecule has 0 saturated carbocycles. The molecule has 0 fully saturated rings. The lowest BCUT2D eigenvalue weighted by Gasteiger charge is -2.14. The molecule has 0 radical (unpaired) electrons. The third kappa shape index (κ3) is 5.97. The Bertz CT molecular complexity index is 1170. The van der Waals surface area contributed by atoms with Crippen molar-refractivity contribution in [2.24, 2.45) is 0 Å². The van der Waals surface area contributed by atoms with Crippen LogP contribution in [0.4, 0.5) is 0 Å². The molecule has 2 aromatic carbocycles. The number of thioether (sulfide) groups is 1. The van der Waals surface area contributed by atoms with Crippen LogP contribution in [0.5, 0.6) is 0 Å². The summed E-state index contributed by atoms with van der Waals surface area (Å²) in [5.41, 5.74) is 1.86. The predicted octanol–water partition coefficient (Wildman–Crippen LogP) is 3.20. The van der Waals surface area contributed by atoms with Crippen molar-refractivity contribution in [2.75, 3.05) is 5.75 Å². The molecule has 8 heteroatoms. The zero-order valence-electron chi connectivity index (χ0n) is 18.7. The quantitative estimate of drug-likeness (QED) is 0.404. The van der Waals surface area contributed by atoms with Gasteiger partial charge < -0.3 is 10.6 Å². The molecule has 2 amide bonds. The van der Waals surface area contributed by atoms with E-state index in [1.54, 1.807) is 34.9 Å². The van der Waals surface area contributed by atoms with E-state index in [9.17, 15) is 14.4 Å². The van der Waals surface area contributed by atoms with Gasteiger partial charge in [-0.15, -0.1) is 0 Å². The molecule has 32 heavy (non-hydrogen) atoms. The van der Waals surface area contributed by atoms with Crippen molar-refractivity contribution >= 4 is 34.5 Å². The van der Waals surface area contributed by atoms with Gasteiger partial charge in [0, 0.05) is 17.6 Å². The van der Waals surface area contributed by atoms with Gasteiger partial charge in [0.2, 0.25) is 5.91 Å². The van der Waals surface area contributed by atoms with E-state index in [4.69, 9.17) is 0 Å². The number of fused-ring (bicyclic) bond motifs is 1. The first kappa shape index (κ1) is 23.5. The zero-order chi connectivity index (χ0) is 23.3. The van der Waals surface area contributed by atoms with Crippen LogP contribution in [0.3, 0.4) is 0 Å². The molecule has 0 bridgehead atoms. The number of carbonyl (C=O) groups is 2. The highest BCUT2D eigenvalue weighted by Crippen LogP contribution is 2.19. The Morgan fingerprint density at radius 2 is 1.62 bits per heavy atom. The molecule has 0 aliphatic carbocycles. The molecular weight excluding hydrogens is 424 g/mol. The minimum absolute atomic E-state index is 0.0428. The number of nitrogens with one attached hydrogen (secondary N) is 2. The molecule has 0 atom stereocenters. The molecule has 1 aromatic heterocycles. The number of amides is 2. The molecular formula is C24H28N4O3S. The summed E-state index contributed by atoms with van der Waals surface area (Å²) < 4.78 is 1.58. The van der Waals surface area contributed by atoms with Crippen LogP contribution in [0.25, 0.3) is 10.9 Å². The van der Waals surface area contributed by atoms with Crippen LogP contribution < -0.4 is 16.2 Å². The fourth-order valence-corrected chi connectivity index (χ4v) is 3.99. The number of aromatic nitrogens is 2. The Morgan fingerprint density at radius 3 is 2.28 bits per heavy atom. The number of rotatable bonds is 8. The Hall–Kier alpha value is -3.13. The van der Waals surface area contributed by atoms with Crippen LogP contribution in [0.2, 0.25) is 0 Å². The molecule has 3 aromatic rings. The second-order valence-electron chi connectivity index (χ2n) is 8.14. The van der Waals surface area contributed by atoms with Crippen LogP contribution in [-0.2, 0) is 11.3 Å². The fourth-order valence-electron chi connectivity index (χ4n) is 3.18. The van der Waals surface area contributed by atoms with Crippen molar-refractivity contribution in [3.05, 3.63) is 70.0 Å². The topological polar surface area (TPSA) is 93.1 Å². The summed E-state index contributed by atoms with van der Waals surface area (Å²) in [6.07, 6.45) is 0. The summed E-state index contributed by atoms with van der Waals surface area (Å²) >= 11 is 1.24. The first-order valence-corrected chi connectivity index (χ1v) is 11.5. The minimum atomic E-state index is -0.163. The summed E-state index contributed by atoms with van der Waals surface area (Å²) in [4.78, 5) is 42.2. The fraction of sp³-hybridized carbons (Fsp3) is 0.333. The molecule has 7 nitrogen and oxygen atoms in total. The summed E-state index contributed by atoms with van der Waals surface area (Å²) in [7, 11) is 0. The van der Waals surface area contributed by atoms with Gasteiger partial charge in [-0.3, -0.25) is 19.0 Å². The second kappa shape index (κ2) is 10.5. The van der Waals surface area contributed by atoms with E-state index >= 15 is 0 Å². The molecule has 0 aliphatic heterocycles. The van der Waals surface area contributed by atoms with E-state index in [1.165, 1.54) is 11.8 Å². The normalized spacial score (nSPS) is 11.2. The van der Waals surface area contributed by atoms with Crippen LogP contribution in [0.1, 0.15) is 43.6 Å². The van der Waals surface area contributed by atoms with Crippen LogP contribution in [0, 0.1) is 0 Å². The first-order chi connectivity index (χ1) is 15.2. The SMILES string of the molecule is CC(C)NC(=O)CSc1nc2ccccc2c(=O)n1Cc1ccc(C(=O)NC(C)C)cc1. The molecule has 3 rings (SSSR count).